The lowest BCUT2D eigenvalue weighted by molar-refractivity contribution is 0.407. The van der Waals surface area contributed by atoms with E-state index in [0.29, 0.717) is 10.3 Å². The molecule has 0 unspecified atom stereocenters. The summed E-state index contributed by atoms with van der Waals surface area (Å²) in [6.45, 7) is 2.21. The quantitative estimate of drug-likeness (QED) is 0.660. The number of nitrogens with one attached hydrogen (secondary N) is 2. The van der Waals surface area contributed by atoms with Gasteiger partial charge < -0.3 is 10.3 Å². The van der Waals surface area contributed by atoms with Crippen molar-refractivity contribution in [3.05, 3.63) is 15.1 Å². The molecule has 2 aromatic rings. The van der Waals surface area contributed by atoms with E-state index in [1.54, 1.807) is 25.9 Å². The van der Waals surface area contributed by atoms with Crippen LogP contribution < -0.4 is 11.0 Å². The zero-order valence-corrected chi connectivity index (χ0v) is 13.8. The predicted molar refractivity (Wildman–Crippen MR) is 87.5 cm³/mol. The molecule has 1 aliphatic rings. The number of hydrogen-bond donors (Lipinski definition) is 2. The molecule has 0 spiro atoms. The summed E-state index contributed by atoms with van der Waals surface area (Å²) in [7, 11) is 3.41. The summed E-state index contributed by atoms with van der Waals surface area (Å²) in [5, 5.41) is 4.22. The highest BCUT2D eigenvalue weighted by Crippen LogP contribution is 2.24. The number of imidazole rings is 1. The summed E-state index contributed by atoms with van der Waals surface area (Å²) in [6, 6.07) is 0. The Morgan fingerprint density at radius 1 is 1.33 bits per heavy atom. The molecule has 2 N–H and O–H groups in total. The van der Waals surface area contributed by atoms with Gasteiger partial charge in [-0.05, 0) is 31.8 Å². The number of nitrogens with zero attached hydrogens (tertiary/aromatic N) is 3. The Hall–Kier alpha value is -1.12. The first kappa shape index (κ1) is 14.8. The fourth-order valence-corrected chi connectivity index (χ4v) is 3.89. The Labute approximate surface area is 132 Å². The first-order valence-corrected chi connectivity index (χ1v) is 8.46. The molecule has 3 heterocycles. The zero-order valence-electron chi connectivity index (χ0n) is 12.2. The minimum absolute atomic E-state index is 0.145. The molecule has 3 rings (SSSR count). The van der Waals surface area contributed by atoms with Crippen LogP contribution in [0, 0.1) is 10.6 Å². The Morgan fingerprint density at radius 2 is 2.05 bits per heavy atom. The first-order chi connectivity index (χ1) is 10.1. The first-order valence-electron chi connectivity index (χ1n) is 7.07. The number of aryl methyl sites for hydroxylation is 1. The average molecular weight is 325 g/mol. The van der Waals surface area contributed by atoms with Crippen molar-refractivity contribution in [3.63, 3.8) is 0 Å². The van der Waals surface area contributed by atoms with Crippen LogP contribution in [-0.4, -0.2) is 37.9 Å². The van der Waals surface area contributed by atoms with Gasteiger partial charge in [-0.2, -0.15) is 0 Å². The summed E-state index contributed by atoms with van der Waals surface area (Å²) in [4.78, 5) is 19.8. The standard InChI is InChI=1S/C13H19N5OS2/c1-17-10-9(11(20)18(2)13(17)19)15-12(16-10)21-7-8-3-5-14-6-4-8/h8,14H,3-7H2,1-2H3,(H,15,16). The highest BCUT2D eigenvalue weighted by atomic mass is 32.2. The third-order valence-electron chi connectivity index (χ3n) is 3.99. The lowest BCUT2D eigenvalue weighted by Gasteiger charge is -2.21. The van der Waals surface area contributed by atoms with Crippen LogP contribution in [0.4, 0.5) is 0 Å². The number of H-pyrrole nitrogens is 1. The van der Waals surface area contributed by atoms with Gasteiger partial charge >= 0.3 is 5.69 Å². The van der Waals surface area contributed by atoms with Gasteiger partial charge in [-0.3, -0.25) is 9.13 Å². The van der Waals surface area contributed by atoms with Crippen LogP contribution in [-0.2, 0) is 14.1 Å². The van der Waals surface area contributed by atoms with Gasteiger partial charge in [0.25, 0.3) is 0 Å². The second-order valence-corrected chi connectivity index (χ2v) is 6.85. The van der Waals surface area contributed by atoms with E-state index < -0.39 is 0 Å². The van der Waals surface area contributed by atoms with Gasteiger partial charge in [0.15, 0.2) is 10.8 Å². The fourth-order valence-electron chi connectivity index (χ4n) is 2.62. The Balaban J connectivity index is 1.87. The molecule has 0 saturated carbocycles. The molecule has 8 heteroatoms. The third kappa shape index (κ3) is 2.79. The van der Waals surface area contributed by atoms with Gasteiger partial charge in [0.1, 0.15) is 10.2 Å². The number of hydrogen-bond acceptors (Lipinski definition) is 5. The van der Waals surface area contributed by atoms with Crippen molar-refractivity contribution in [2.75, 3.05) is 18.8 Å². The highest BCUT2D eigenvalue weighted by molar-refractivity contribution is 7.99. The van der Waals surface area contributed by atoms with Gasteiger partial charge in [0, 0.05) is 19.8 Å². The number of thioether (sulfide) groups is 1. The smallest absolute Gasteiger partial charge is 0.329 e. The molecule has 2 aromatic heterocycles. The van der Waals surface area contributed by atoms with E-state index >= 15 is 0 Å². The molecule has 0 bridgehead atoms. The van der Waals surface area contributed by atoms with E-state index in [1.165, 1.54) is 22.0 Å². The number of fused-ring (bicyclic) bond motifs is 1. The molecule has 1 fully saturated rings. The van der Waals surface area contributed by atoms with E-state index in [9.17, 15) is 4.79 Å². The van der Waals surface area contributed by atoms with Crippen molar-refractivity contribution in [1.29, 1.82) is 0 Å². The molecule has 6 nitrogen and oxygen atoms in total. The van der Waals surface area contributed by atoms with E-state index in [2.05, 4.69) is 15.3 Å². The monoisotopic (exact) mass is 325 g/mol. The zero-order chi connectivity index (χ0) is 15.0. The second-order valence-electron chi connectivity index (χ2n) is 5.45. The van der Waals surface area contributed by atoms with Crippen LogP contribution in [0.1, 0.15) is 12.8 Å². The summed E-state index contributed by atoms with van der Waals surface area (Å²) in [5.74, 6) is 1.78. The van der Waals surface area contributed by atoms with Crippen LogP contribution in [0.3, 0.4) is 0 Å². The highest BCUT2D eigenvalue weighted by Gasteiger charge is 2.16. The normalized spacial score (nSPS) is 16.7. The molecular formula is C13H19N5OS2. The van der Waals surface area contributed by atoms with Crippen LogP contribution in [0.15, 0.2) is 9.95 Å². The van der Waals surface area contributed by atoms with Crippen molar-refractivity contribution < 1.29 is 0 Å². The van der Waals surface area contributed by atoms with E-state index in [0.717, 1.165) is 35.4 Å². The minimum Gasteiger partial charge on any atom is -0.329 e. The molecule has 0 atom stereocenters. The van der Waals surface area contributed by atoms with Crippen LogP contribution in [0.2, 0.25) is 0 Å². The maximum atomic E-state index is 12.0. The fraction of sp³-hybridized carbons (Fsp3) is 0.615. The van der Waals surface area contributed by atoms with Crippen molar-refractivity contribution in [3.8, 4) is 0 Å². The number of aromatic amines is 1. The maximum absolute atomic E-state index is 12.0. The van der Waals surface area contributed by atoms with Crippen molar-refractivity contribution in [2.24, 2.45) is 20.0 Å². The maximum Gasteiger partial charge on any atom is 0.330 e. The molecule has 114 valence electrons. The predicted octanol–water partition coefficient (Wildman–Crippen LogP) is 1.42. The van der Waals surface area contributed by atoms with Crippen LogP contribution in [0.25, 0.3) is 11.2 Å². The summed E-state index contributed by atoms with van der Waals surface area (Å²) in [6.07, 6.45) is 2.43. The largest absolute Gasteiger partial charge is 0.330 e. The summed E-state index contributed by atoms with van der Waals surface area (Å²) < 4.78 is 3.52. The molecule has 1 aliphatic heterocycles. The number of aromatic nitrogens is 4. The topological polar surface area (TPSA) is 67.6 Å². The summed E-state index contributed by atoms with van der Waals surface area (Å²) in [5.41, 5.74) is 1.26. The van der Waals surface area contributed by atoms with E-state index in [-0.39, 0.29) is 5.69 Å². The minimum atomic E-state index is -0.145. The van der Waals surface area contributed by atoms with Gasteiger partial charge in [-0.15, -0.1) is 0 Å². The van der Waals surface area contributed by atoms with E-state index in [4.69, 9.17) is 12.2 Å². The second kappa shape index (κ2) is 5.94. The van der Waals surface area contributed by atoms with Gasteiger partial charge in [-0.1, -0.05) is 24.0 Å². The van der Waals surface area contributed by atoms with Crippen molar-refractivity contribution in [1.82, 2.24) is 24.4 Å². The molecule has 0 radical (unpaired) electrons. The van der Waals surface area contributed by atoms with E-state index in [1.807, 2.05) is 0 Å². The Bertz CT molecular complexity index is 769. The average Bonchev–Trinajstić information content (AvgIpc) is 2.94. The molecular weight excluding hydrogens is 306 g/mol. The molecule has 21 heavy (non-hydrogen) atoms. The number of piperidine rings is 1. The lowest BCUT2D eigenvalue weighted by atomic mass is 10.0. The third-order valence-corrected chi connectivity index (χ3v) is 5.57. The molecule has 0 amide bonds. The van der Waals surface area contributed by atoms with Gasteiger partial charge in [0.05, 0.1) is 0 Å². The Morgan fingerprint density at radius 3 is 2.76 bits per heavy atom. The summed E-state index contributed by atoms with van der Waals surface area (Å²) >= 11 is 7.04. The Kier molecular flexibility index (Phi) is 4.19. The molecule has 1 saturated heterocycles. The van der Waals surface area contributed by atoms with Crippen LogP contribution in [0.5, 0.6) is 0 Å². The van der Waals surface area contributed by atoms with Gasteiger partial charge in [-0.25, -0.2) is 9.78 Å². The molecule has 0 aliphatic carbocycles. The number of rotatable bonds is 3. The van der Waals surface area contributed by atoms with Crippen LogP contribution >= 0.6 is 24.0 Å². The van der Waals surface area contributed by atoms with Gasteiger partial charge in [0.2, 0.25) is 0 Å². The SMILES string of the molecule is Cn1c(=S)c2[nH]c(SCC3CCNCC3)nc2n(C)c1=O. The van der Waals surface area contributed by atoms with Crippen molar-refractivity contribution in [2.45, 2.75) is 18.0 Å². The van der Waals surface area contributed by atoms with Crippen molar-refractivity contribution >= 4 is 35.1 Å². The lowest BCUT2D eigenvalue weighted by Crippen LogP contribution is -2.28. The molecule has 0 aromatic carbocycles.